The van der Waals surface area contributed by atoms with E-state index in [0.717, 1.165) is 10.9 Å². The van der Waals surface area contributed by atoms with Gasteiger partial charge in [0, 0.05) is 5.39 Å². The van der Waals surface area contributed by atoms with E-state index in [1.165, 1.54) is 6.26 Å². The molecule has 0 radical (unpaired) electrons. The summed E-state index contributed by atoms with van der Waals surface area (Å²) in [5.41, 5.74) is 1.06. The van der Waals surface area contributed by atoms with Crippen LogP contribution < -0.4 is 0 Å². The average Bonchev–Trinajstić information content (AvgIpc) is 2.91. The molecule has 2 aromatic heterocycles. The van der Waals surface area contributed by atoms with Gasteiger partial charge in [-0.05, 0) is 24.3 Å². The van der Waals surface area contributed by atoms with Gasteiger partial charge in [0.2, 0.25) is 5.78 Å². The number of benzene rings is 1. The summed E-state index contributed by atoms with van der Waals surface area (Å²) in [5, 5.41) is 8.79. The molecule has 0 saturated carbocycles. The molecule has 17 heavy (non-hydrogen) atoms. The molecule has 0 atom stereocenters. The van der Waals surface area contributed by atoms with Crippen LogP contribution in [0.25, 0.3) is 10.9 Å². The number of hydrogen-bond donors (Lipinski definition) is 0. The number of carbonyl (C=O) groups excluding carboxylic acids is 1. The van der Waals surface area contributed by atoms with Crippen molar-refractivity contribution in [3.8, 4) is 0 Å². The van der Waals surface area contributed by atoms with Crippen molar-refractivity contribution >= 4 is 16.7 Å². The predicted octanol–water partition coefficient (Wildman–Crippen LogP) is 2.45. The minimum absolute atomic E-state index is 0.256. The number of hydrogen-bond acceptors (Lipinski definition) is 4. The maximum absolute atomic E-state index is 12.0. The molecule has 0 aliphatic rings. The van der Waals surface area contributed by atoms with Crippen molar-refractivity contribution in [3.63, 3.8) is 0 Å². The van der Waals surface area contributed by atoms with Crippen molar-refractivity contribution in [2.45, 2.75) is 0 Å². The zero-order valence-corrected chi connectivity index (χ0v) is 8.83. The number of rotatable bonds is 2. The number of furan rings is 1. The van der Waals surface area contributed by atoms with Crippen LogP contribution in [0.2, 0.25) is 0 Å². The molecular formula is C13H8N2O2. The van der Waals surface area contributed by atoms with Gasteiger partial charge in [0.05, 0.1) is 11.8 Å². The third kappa shape index (κ3) is 1.69. The predicted molar refractivity (Wildman–Crippen MR) is 61.7 cm³/mol. The molecule has 0 aliphatic carbocycles. The van der Waals surface area contributed by atoms with Crippen LogP contribution >= 0.6 is 0 Å². The quantitative estimate of drug-likeness (QED) is 0.627. The number of fused-ring (bicyclic) bond motifs is 1. The van der Waals surface area contributed by atoms with E-state index < -0.39 is 0 Å². The van der Waals surface area contributed by atoms with Crippen molar-refractivity contribution < 1.29 is 9.21 Å². The standard InChI is InChI=1S/C13H8N2O2/c16-13(12-6-3-7-17-12)11-8-9-4-1-2-5-10(9)14-15-11/h1-8H. The first-order chi connectivity index (χ1) is 8.34. The van der Waals surface area contributed by atoms with Gasteiger partial charge in [-0.15, -0.1) is 10.2 Å². The van der Waals surface area contributed by atoms with Crippen LogP contribution in [0.3, 0.4) is 0 Å². The van der Waals surface area contributed by atoms with Crippen molar-refractivity contribution in [1.82, 2.24) is 10.2 Å². The molecule has 0 spiro atoms. The molecule has 0 bridgehead atoms. The Morgan fingerprint density at radius 2 is 1.94 bits per heavy atom. The van der Waals surface area contributed by atoms with Gasteiger partial charge in [-0.25, -0.2) is 0 Å². The lowest BCUT2D eigenvalue weighted by molar-refractivity contribution is 0.100. The van der Waals surface area contributed by atoms with Crippen LogP contribution in [0.4, 0.5) is 0 Å². The molecule has 0 aliphatic heterocycles. The lowest BCUT2D eigenvalue weighted by Gasteiger charge is -1.98. The van der Waals surface area contributed by atoms with Crippen molar-refractivity contribution in [2.24, 2.45) is 0 Å². The minimum Gasteiger partial charge on any atom is -0.461 e. The summed E-state index contributed by atoms with van der Waals surface area (Å²) in [6.07, 6.45) is 1.46. The van der Waals surface area contributed by atoms with Crippen LogP contribution in [-0.4, -0.2) is 16.0 Å². The molecule has 82 valence electrons. The Hall–Kier alpha value is -2.49. The third-order valence-corrected chi connectivity index (χ3v) is 2.47. The van der Waals surface area contributed by atoms with Crippen LogP contribution in [0.15, 0.2) is 53.1 Å². The molecule has 0 amide bonds. The van der Waals surface area contributed by atoms with Gasteiger partial charge < -0.3 is 4.42 Å². The first kappa shape index (κ1) is 9.72. The first-order valence-corrected chi connectivity index (χ1v) is 5.15. The van der Waals surface area contributed by atoms with Crippen molar-refractivity contribution in [2.75, 3.05) is 0 Å². The van der Waals surface area contributed by atoms with Crippen LogP contribution in [0.1, 0.15) is 16.2 Å². The van der Waals surface area contributed by atoms with E-state index in [-0.39, 0.29) is 11.5 Å². The summed E-state index contributed by atoms with van der Waals surface area (Å²) in [6, 6.07) is 12.5. The second kappa shape index (κ2) is 3.83. The summed E-state index contributed by atoms with van der Waals surface area (Å²) >= 11 is 0. The fraction of sp³-hybridized carbons (Fsp3) is 0. The minimum atomic E-state index is -0.256. The summed E-state index contributed by atoms with van der Waals surface area (Å²) in [5.74, 6) is 0.0165. The fourth-order valence-corrected chi connectivity index (χ4v) is 1.63. The topological polar surface area (TPSA) is 56.0 Å². The van der Waals surface area contributed by atoms with Gasteiger partial charge >= 0.3 is 0 Å². The zero-order valence-electron chi connectivity index (χ0n) is 8.83. The number of carbonyl (C=O) groups is 1. The van der Waals surface area contributed by atoms with E-state index in [9.17, 15) is 4.79 Å². The van der Waals surface area contributed by atoms with Crippen LogP contribution in [-0.2, 0) is 0 Å². The smallest absolute Gasteiger partial charge is 0.248 e. The molecule has 0 N–H and O–H groups in total. The summed E-state index contributed by atoms with van der Waals surface area (Å²) in [7, 11) is 0. The summed E-state index contributed by atoms with van der Waals surface area (Å²) in [6.45, 7) is 0. The molecule has 0 saturated heterocycles. The Labute approximate surface area is 96.9 Å². The Morgan fingerprint density at radius 3 is 2.76 bits per heavy atom. The largest absolute Gasteiger partial charge is 0.461 e. The van der Waals surface area contributed by atoms with Gasteiger partial charge in [-0.2, -0.15) is 0 Å². The maximum Gasteiger partial charge on any atom is 0.248 e. The van der Waals surface area contributed by atoms with Gasteiger partial charge in [0.25, 0.3) is 0 Å². The van der Waals surface area contributed by atoms with E-state index >= 15 is 0 Å². The lowest BCUT2D eigenvalue weighted by Crippen LogP contribution is -2.04. The van der Waals surface area contributed by atoms with Crippen molar-refractivity contribution in [1.29, 1.82) is 0 Å². The van der Waals surface area contributed by atoms with Gasteiger partial charge in [-0.3, -0.25) is 4.79 Å². The van der Waals surface area contributed by atoms with E-state index in [1.54, 1.807) is 18.2 Å². The SMILES string of the molecule is O=C(c1cc2ccccc2nn1)c1ccco1. The Bertz CT molecular complexity index is 675. The highest BCUT2D eigenvalue weighted by Gasteiger charge is 2.14. The van der Waals surface area contributed by atoms with Crippen LogP contribution in [0, 0.1) is 0 Å². The monoisotopic (exact) mass is 224 g/mol. The second-order valence-electron chi connectivity index (χ2n) is 3.59. The molecule has 0 fully saturated rings. The molecular weight excluding hydrogens is 216 g/mol. The normalized spacial score (nSPS) is 10.6. The Kier molecular flexibility index (Phi) is 2.19. The summed E-state index contributed by atoms with van der Waals surface area (Å²) < 4.78 is 5.04. The molecule has 0 unspecified atom stereocenters. The number of nitrogens with zero attached hydrogens (tertiary/aromatic N) is 2. The Morgan fingerprint density at radius 1 is 1.06 bits per heavy atom. The van der Waals surface area contributed by atoms with E-state index in [4.69, 9.17) is 4.42 Å². The van der Waals surface area contributed by atoms with Crippen molar-refractivity contribution in [3.05, 3.63) is 60.2 Å². The molecule has 3 aromatic rings. The average molecular weight is 224 g/mol. The van der Waals surface area contributed by atoms with Gasteiger partial charge in [-0.1, -0.05) is 18.2 Å². The molecule has 3 rings (SSSR count). The van der Waals surface area contributed by atoms with Gasteiger partial charge in [0.1, 0.15) is 5.69 Å². The zero-order chi connectivity index (χ0) is 11.7. The van der Waals surface area contributed by atoms with E-state index in [0.29, 0.717) is 5.69 Å². The summed E-state index contributed by atoms with van der Waals surface area (Å²) in [4.78, 5) is 12.0. The van der Waals surface area contributed by atoms with E-state index in [2.05, 4.69) is 10.2 Å². The molecule has 4 heteroatoms. The maximum atomic E-state index is 12.0. The number of aromatic nitrogens is 2. The Balaban J connectivity index is 2.09. The first-order valence-electron chi connectivity index (χ1n) is 5.15. The fourth-order valence-electron chi connectivity index (χ4n) is 1.63. The van der Waals surface area contributed by atoms with Crippen LogP contribution in [0.5, 0.6) is 0 Å². The highest BCUT2D eigenvalue weighted by atomic mass is 16.3. The lowest BCUT2D eigenvalue weighted by atomic mass is 10.1. The second-order valence-corrected chi connectivity index (χ2v) is 3.59. The van der Waals surface area contributed by atoms with E-state index in [1.807, 2.05) is 24.3 Å². The molecule has 4 nitrogen and oxygen atoms in total. The highest BCUT2D eigenvalue weighted by Crippen LogP contribution is 2.13. The molecule has 1 aromatic carbocycles. The van der Waals surface area contributed by atoms with Gasteiger partial charge in [0.15, 0.2) is 5.76 Å². The number of ketones is 1. The highest BCUT2D eigenvalue weighted by molar-refractivity contribution is 6.06. The third-order valence-electron chi connectivity index (χ3n) is 2.47. The molecule has 2 heterocycles.